The van der Waals surface area contributed by atoms with Gasteiger partial charge in [-0.2, -0.15) is 5.10 Å². The molecule has 0 radical (unpaired) electrons. The van der Waals surface area contributed by atoms with Gasteiger partial charge in [0.25, 0.3) is 0 Å². The minimum Gasteiger partial charge on any atom is -0.330 e. The summed E-state index contributed by atoms with van der Waals surface area (Å²) in [5.41, 5.74) is 2.36. The summed E-state index contributed by atoms with van der Waals surface area (Å²) in [4.78, 5) is 17.6. The van der Waals surface area contributed by atoms with Crippen molar-refractivity contribution >= 4 is 6.03 Å². The fourth-order valence-corrected chi connectivity index (χ4v) is 4.99. The highest BCUT2D eigenvalue weighted by Crippen LogP contribution is 2.32. The fourth-order valence-electron chi connectivity index (χ4n) is 4.99. The molecule has 1 aliphatic carbocycles. The van der Waals surface area contributed by atoms with Gasteiger partial charge in [0, 0.05) is 31.2 Å². The maximum absolute atomic E-state index is 12.9. The van der Waals surface area contributed by atoms with Crippen molar-refractivity contribution in [3.05, 3.63) is 17.5 Å². The molecule has 24 heavy (non-hydrogen) atoms. The van der Waals surface area contributed by atoms with Gasteiger partial charge in [-0.1, -0.05) is 0 Å². The van der Waals surface area contributed by atoms with Gasteiger partial charge < -0.3 is 10.2 Å². The minimum atomic E-state index is 0.0883. The van der Waals surface area contributed by atoms with E-state index in [-0.39, 0.29) is 12.1 Å². The summed E-state index contributed by atoms with van der Waals surface area (Å²) in [5, 5.41) is 10.5. The number of hydrogen-bond acceptors (Lipinski definition) is 3. The summed E-state index contributed by atoms with van der Waals surface area (Å²) in [6, 6.07) is 1.93. The van der Waals surface area contributed by atoms with Gasteiger partial charge >= 0.3 is 6.03 Å². The molecule has 3 aliphatic rings. The van der Waals surface area contributed by atoms with Crippen molar-refractivity contribution in [2.75, 3.05) is 13.1 Å². The number of amides is 2. The predicted molar refractivity (Wildman–Crippen MR) is 92.8 cm³/mol. The highest BCUT2D eigenvalue weighted by atomic mass is 16.2. The summed E-state index contributed by atoms with van der Waals surface area (Å²) in [6.45, 7) is 6.30. The molecule has 0 spiro atoms. The number of nitrogens with one attached hydrogen (secondary N) is 2. The molecule has 1 aromatic heterocycles. The second-order valence-electron chi connectivity index (χ2n) is 7.86. The zero-order valence-electron chi connectivity index (χ0n) is 14.8. The molecule has 2 bridgehead atoms. The molecule has 2 N–H and O–H groups in total. The number of aromatic nitrogens is 2. The van der Waals surface area contributed by atoms with E-state index in [0.717, 1.165) is 44.5 Å². The van der Waals surface area contributed by atoms with Crippen LogP contribution in [0, 0.1) is 0 Å². The Morgan fingerprint density at radius 1 is 1.29 bits per heavy atom. The Labute approximate surface area is 144 Å². The molecular formula is C18H29N5O. The van der Waals surface area contributed by atoms with Crippen LogP contribution in [-0.4, -0.2) is 57.2 Å². The molecular weight excluding hydrogens is 302 g/mol. The van der Waals surface area contributed by atoms with Gasteiger partial charge in [-0.05, 0) is 57.9 Å². The highest BCUT2D eigenvalue weighted by Gasteiger charge is 2.39. The SMILES string of the molecule is CC(C)N1[C@H]2CC[C@H]1CN(C(=O)N[C@H]1CCCc3cn[nH]c31)CC2. The van der Waals surface area contributed by atoms with Crippen LogP contribution in [-0.2, 0) is 6.42 Å². The second-order valence-corrected chi connectivity index (χ2v) is 7.86. The highest BCUT2D eigenvalue weighted by molar-refractivity contribution is 5.75. The largest absolute Gasteiger partial charge is 0.330 e. The molecule has 0 unspecified atom stereocenters. The molecule has 132 valence electrons. The molecule has 1 aromatic rings. The number of likely N-dealkylation sites (tertiary alicyclic amines) is 1. The minimum absolute atomic E-state index is 0.0883. The molecule has 2 aliphatic heterocycles. The monoisotopic (exact) mass is 331 g/mol. The Morgan fingerprint density at radius 2 is 2.12 bits per heavy atom. The number of carbonyl (C=O) groups excluding carboxylic acids is 1. The van der Waals surface area contributed by atoms with Crippen LogP contribution in [0.5, 0.6) is 0 Å². The zero-order chi connectivity index (χ0) is 16.7. The van der Waals surface area contributed by atoms with Gasteiger partial charge in [0.1, 0.15) is 0 Å². The third-order valence-corrected chi connectivity index (χ3v) is 6.06. The number of H-pyrrole nitrogens is 1. The van der Waals surface area contributed by atoms with Crippen LogP contribution >= 0.6 is 0 Å². The third kappa shape index (κ3) is 2.81. The number of rotatable bonds is 2. The molecule has 3 heterocycles. The molecule has 4 rings (SSSR count). The quantitative estimate of drug-likeness (QED) is 0.875. The topological polar surface area (TPSA) is 64.3 Å². The van der Waals surface area contributed by atoms with Crippen molar-refractivity contribution in [1.29, 1.82) is 0 Å². The number of aromatic amines is 1. The Kier molecular flexibility index (Phi) is 4.24. The molecule has 2 saturated heterocycles. The van der Waals surface area contributed by atoms with Crippen molar-refractivity contribution in [3.8, 4) is 0 Å². The van der Waals surface area contributed by atoms with Gasteiger partial charge in [0.15, 0.2) is 0 Å². The summed E-state index contributed by atoms with van der Waals surface area (Å²) < 4.78 is 0. The second kappa shape index (κ2) is 6.39. The molecule has 2 amide bonds. The molecule has 0 saturated carbocycles. The number of nitrogens with zero attached hydrogens (tertiary/aromatic N) is 3. The van der Waals surface area contributed by atoms with E-state index in [1.54, 1.807) is 0 Å². The third-order valence-electron chi connectivity index (χ3n) is 6.06. The number of urea groups is 1. The standard InChI is InChI=1S/C18H29N5O/c1-12(2)23-14-6-7-15(23)11-22(9-8-14)18(24)20-16-5-3-4-13-10-19-21-17(13)16/h10,12,14-16H,3-9,11H2,1-2H3,(H,19,21)(H,20,24)/t14-,15-,16-/m0/s1. The Hall–Kier alpha value is -1.56. The summed E-state index contributed by atoms with van der Waals surface area (Å²) in [6.07, 6.45) is 8.69. The first-order valence-corrected chi connectivity index (χ1v) is 9.48. The Balaban J connectivity index is 1.43. The van der Waals surface area contributed by atoms with Crippen molar-refractivity contribution in [2.24, 2.45) is 0 Å². The van der Waals surface area contributed by atoms with Crippen molar-refractivity contribution in [1.82, 2.24) is 25.3 Å². The zero-order valence-corrected chi connectivity index (χ0v) is 14.8. The van der Waals surface area contributed by atoms with Crippen LogP contribution in [0.1, 0.15) is 63.3 Å². The number of aryl methyl sites for hydroxylation is 1. The first kappa shape index (κ1) is 15.9. The number of fused-ring (bicyclic) bond motifs is 3. The lowest BCUT2D eigenvalue weighted by atomic mass is 9.94. The summed E-state index contributed by atoms with van der Waals surface area (Å²) in [7, 11) is 0. The van der Waals surface area contributed by atoms with Crippen molar-refractivity contribution in [2.45, 2.75) is 76.5 Å². The normalized spacial score (nSPS) is 30.3. The van der Waals surface area contributed by atoms with E-state index < -0.39 is 0 Å². The van der Waals surface area contributed by atoms with E-state index >= 15 is 0 Å². The van der Waals surface area contributed by atoms with E-state index in [9.17, 15) is 4.79 Å². The van der Waals surface area contributed by atoms with Crippen LogP contribution < -0.4 is 5.32 Å². The van der Waals surface area contributed by atoms with Crippen LogP contribution in [0.3, 0.4) is 0 Å². The molecule has 3 atom stereocenters. The van der Waals surface area contributed by atoms with Gasteiger partial charge in [0.2, 0.25) is 0 Å². The van der Waals surface area contributed by atoms with Gasteiger partial charge in [0.05, 0.1) is 17.9 Å². The van der Waals surface area contributed by atoms with Crippen LogP contribution in [0.2, 0.25) is 0 Å². The molecule has 6 heteroatoms. The van der Waals surface area contributed by atoms with Crippen molar-refractivity contribution < 1.29 is 4.79 Å². The number of carbonyl (C=O) groups is 1. The fraction of sp³-hybridized carbons (Fsp3) is 0.778. The predicted octanol–water partition coefficient (Wildman–Crippen LogP) is 2.44. The summed E-state index contributed by atoms with van der Waals surface area (Å²) in [5.74, 6) is 0. The maximum atomic E-state index is 12.9. The van der Waals surface area contributed by atoms with Gasteiger partial charge in [-0.25, -0.2) is 4.79 Å². The van der Waals surface area contributed by atoms with E-state index in [1.165, 1.54) is 18.4 Å². The van der Waals surface area contributed by atoms with E-state index in [0.29, 0.717) is 18.1 Å². The lowest BCUT2D eigenvalue weighted by Gasteiger charge is -2.32. The maximum Gasteiger partial charge on any atom is 0.317 e. The average molecular weight is 331 g/mol. The van der Waals surface area contributed by atoms with Gasteiger partial charge in [-0.15, -0.1) is 0 Å². The van der Waals surface area contributed by atoms with E-state index in [4.69, 9.17) is 0 Å². The summed E-state index contributed by atoms with van der Waals surface area (Å²) >= 11 is 0. The molecule has 6 nitrogen and oxygen atoms in total. The first-order chi connectivity index (χ1) is 11.6. The molecule has 2 fully saturated rings. The van der Waals surface area contributed by atoms with E-state index in [2.05, 4.69) is 34.3 Å². The van der Waals surface area contributed by atoms with Crippen LogP contribution in [0.25, 0.3) is 0 Å². The Bertz CT molecular complexity index is 598. The van der Waals surface area contributed by atoms with Crippen LogP contribution in [0.15, 0.2) is 6.20 Å². The lowest BCUT2D eigenvalue weighted by Crippen LogP contribution is -2.47. The average Bonchev–Trinajstić information content (AvgIpc) is 3.11. The van der Waals surface area contributed by atoms with Gasteiger partial charge in [-0.3, -0.25) is 10.00 Å². The van der Waals surface area contributed by atoms with E-state index in [1.807, 2.05) is 11.1 Å². The Morgan fingerprint density at radius 3 is 2.96 bits per heavy atom. The number of hydrogen-bond donors (Lipinski definition) is 2. The molecule has 0 aromatic carbocycles. The smallest absolute Gasteiger partial charge is 0.317 e. The lowest BCUT2D eigenvalue weighted by molar-refractivity contribution is 0.146. The van der Waals surface area contributed by atoms with Crippen molar-refractivity contribution in [3.63, 3.8) is 0 Å². The first-order valence-electron chi connectivity index (χ1n) is 9.48. The van der Waals surface area contributed by atoms with Crippen LogP contribution in [0.4, 0.5) is 4.79 Å².